The molecule has 1 aliphatic rings. The van der Waals surface area contributed by atoms with Gasteiger partial charge < -0.3 is 23.7 Å². The summed E-state index contributed by atoms with van der Waals surface area (Å²) in [5.41, 5.74) is 0.774. The molecule has 32 heavy (non-hydrogen) atoms. The second-order valence-electron chi connectivity index (χ2n) is 8.64. The summed E-state index contributed by atoms with van der Waals surface area (Å²) >= 11 is 0. The fraction of sp³-hybridized carbons (Fsp3) is 0.500. The Labute approximate surface area is 186 Å². The Kier molecular flexibility index (Phi) is 6.11. The van der Waals surface area contributed by atoms with Crippen LogP contribution in [0, 0.1) is 5.92 Å². The highest BCUT2D eigenvalue weighted by Crippen LogP contribution is 2.24. The minimum atomic E-state index is -0.329. The van der Waals surface area contributed by atoms with Crippen LogP contribution in [0.15, 0.2) is 33.6 Å². The van der Waals surface area contributed by atoms with E-state index in [1.807, 2.05) is 32.3 Å². The van der Waals surface area contributed by atoms with Crippen LogP contribution in [-0.4, -0.2) is 49.7 Å². The van der Waals surface area contributed by atoms with Crippen LogP contribution in [0.5, 0.6) is 0 Å². The fourth-order valence-electron chi connectivity index (χ4n) is 3.75. The molecule has 3 aromatic heterocycles. The number of fused-ring (bicyclic) bond motifs is 1. The monoisotopic (exact) mass is 440 g/mol. The summed E-state index contributed by atoms with van der Waals surface area (Å²) in [5.74, 6) is 2.03. The van der Waals surface area contributed by atoms with E-state index in [-0.39, 0.29) is 29.7 Å². The average molecular weight is 441 g/mol. The smallest absolute Gasteiger partial charge is 0.276 e. The third-order valence-electron chi connectivity index (χ3n) is 5.67. The highest BCUT2D eigenvalue weighted by atomic mass is 16.5. The molecule has 0 fully saturated rings. The zero-order valence-electron chi connectivity index (χ0n) is 18.7. The van der Waals surface area contributed by atoms with Crippen LogP contribution in [0.3, 0.4) is 0 Å². The molecule has 0 saturated carbocycles. The molecule has 10 heteroatoms. The number of nitrogens with one attached hydrogen (secondary N) is 1. The minimum absolute atomic E-state index is 0.0877. The summed E-state index contributed by atoms with van der Waals surface area (Å²) in [5, 5.41) is 15.7. The van der Waals surface area contributed by atoms with Gasteiger partial charge in [0, 0.05) is 38.0 Å². The van der Waals surface area contributed by atoms with Crippen molar-refractivity contribution < 1.29 is 18.5 Å². The van der Waals surface area contributed by atoms with E-state index in [4.69, 9.17) is 8.94 Å². The maximum absolute atomic E-state index is 13.0. The SMILES string of the molecule is CC(C)c1cc(C(=O)N2CCc3nnc(C(NC(=O)c4ccoc4)C(C)C)n3CC2)no1. The van der Waals surface area contributed by atoms with Gasteiger partial charge in [-0.15, -0.1) is 10.2 Å². The molecule has 0 spiro atoms. The molecule has 1 unspecified atom stereocenters. The molecule has 0 aliphatic carbocycles. The summed E-state index contributed by atoms with van der Waals surface area (Å²) in [6.45, 7) is 9.55. The molecule has 4 heterocycles. The molecule has 10 nitrogen and oxygen atoms in total. The predicted octanol–water partition coefficient (Wildman–Crippen LogP) is 2.81. The molecule has 1 aliphatic heterocycles. The molecule has 0 aromatic carbocycles. The first kappa shape index (κ1) is 21.8. The molecule has 4 rings (SSSR count). The van der Waals surface area contributed by atoms with E-state index in [1.165, 1.54) is 12.5 Å². The Morgan fingerprint density at radius 3 is 2.59 bits per heavy atom. The first-order valence-electron chi connectivity index (χ1n) is 10.9. The largest absolute Gasteiger partial charge is 0.472 e. The molecular formula is C22H28N6O4. The van der Waals surface area contributed by atoms with E-state index >= 15 is 0 Å². The highest BCUT2D eigenvalue weighted by molar-refractivity contribution is 5.94. The van der Waals surface area contributed by atoms with Crippen LogP contribution in [-0.2, 0) is 13.0 Å². The lowest BCUT2D eigenvalue weighted by Crippen LogP contribution is -2.35. The second-order valence-corrected chi connectivity index (χ2v) is 8.64. The molecule has 1 atom stereocenters. The molecule has 3 aromatic rings. The van der Waals surface area contributed by atoms with Crippen molar-refractivity contribution in [1.82, 2.24) is 30.1 Å². The lowest BCUT2D eigenvalue weighted by atomic mass is 10.0. The summed E-state index contributed by atoms with van der Waals surface area (Å²) in [6, 6.07) is 3.00. The van der Waals surface area contributed by atoms with Crippen molar-refractivity contribution in [2.24, 2.45) is 5.92 Å². The molecule has 0 saturated heterocycles. The highest BCUT2D eigenvalue weighted by Gasteiger charge is 2.29. The van der Waals surface area contributed by atoms with Gasteiger partial charge in [-0.1, -0.05) is 32.9 Å². The number of hydrogen-bond acceptors (Lipinski definition) is 7. The van der Waals surface area contributed by atoms with Gasteiger partial charge in [-0.25, -0.2) is 0 Å². The number of hydrogen-bond donors (Lipinski definition) is 1. The van der Waals surface area contributed by atoms with Gasteiger partial charge in [0.15, 0.2) is 11.5 Å². The maximum atomic E-state index is 13.0. The van der Waals surface area contributed by atoms with Gasteiger partial charge in [0.25, 0.3) is 11.8 Å². The van der Waals surface area contributed by atoms with E-state index in [0.717, 1.165) is 5.82 Å². The second kappa shape index (κ2) is 8.97. The van der Waals surface area contributed by atoms with Gasteiger partial charge in [-0.3, -0.25) is 9.59 Å². The van der Waals surface area contributed by atoms with Crippen molar-refractivity contribution >= 4 is 11.8 Å². The average Bonchev–Trinajstić information content (AvgIpc) is 3.50. The normalized spacial score (nSPS) is 15.0. The number of carbonyl (C=O) groups excluding carboxylic acids is 2. The van der Waals surface area contributed by atoms with E-state index in [9.17, 15) is 9.59 Å². The topological polar surface area (TPSA) is 119 Å². The molecule has 1 N–H and O–H groups in total. The summed E-state index contributed by atoms with van der Waals surface area (Å²) in [7, 11) is 0. The molecule has 0 radical (unpaired) electrons. The molecule has 170 valence electrons. The van der Waals surface area contributed by atoms with E-state index in [1.54, 1.807) is 17.0 Å². The van der Waals surface area contributed by atoms with Gasteiger partial charge in [0.1, 0.15) is 17.8 Å². The number of aromatic nitrogens is 4. The Hall–Kier alpha value is -3.43. The quantitative estimate of drug-likeness (QED) is 0.626. The van der Waals surface area contributed by atoms with Crippen LogP contribution in [0.25, 0.3) is 0 Å². The Balaban J connectivity index is 1.50. The minimum Gasteiger partial charge on any atom is -0.472 e. The van der Waals surface area contributed by atoms with Crippen molar-refractivity contribution in [2.75, 3.05) is 13.1 Å². The van der Waals surface area contributed by atoms with Gasteiger partial charge in [0.05, 0.1) is 17.9 Å². The van der Waals surface area contributed by atoms with Crippen molar-refractivity contribution in [3.8, 4) is 0 Å². The number of rotatable bonds is 6. The third kappa shape index (κ3) is 4.30. The molecule has 2 amide bonds. The van der Waals surface area contributed by atoms with Gasteiger partial charge in [0.2, 0.25) is 0 Å². The van der Waals surface area contributed by atoms with Crippen molar-refractivity contribution in [3.63, 3.8) is 0 Å². The summed E-state index contributed by atoms with van der Waals surface area (Å²) in [6.07, 6.45) is 3.44. The standard InChI is InChI=1S/C22H28N6O4/c1-13(2)17-11-16(26-32-17)22(30)27-7-5-18-24-25-20(28(18)9-8-27)19(14(3)4)23-21(29)15-6-10-31-12-15/h6,10-14,19H,5,7-9H2,1-4H3,(H,23,29). The first-order valence-corrected chi connectivity index (χ1v) is 10.9. The maximum Gasteiger partial charge on any atom is 0.276 e. The first-order chi connectivity index (χ1) is 15.3. The molecular weight excluding hydrogens is 412 g/mol. The Morgan fingerprint density at radius 1 is 1.12 bits per heavy atom. The lowest BCUT2D eigenvalue weighted by molar-refractivity contribution is 0.0748. The zero-order valence-corrected chi connectivity index (χ0v) is 18.7. The predicted molar refractivity (Wildman–Crippen MR) is 114 cm³/mol. The van der Waals surface area contributed by atoms with Crippen molar-refractivity contribution in [1.29, 1.82) is 0 Å². The third-order valence-corrected chi connectivity index (χ3v) is 5.67. The van der Waals surface area contributed by atoms with Crippen molar-refractivity contribution in [2.45, 2.75) is 52.6 Å². The van der Waals surface area contributed by atoms with Crippen LogP contribution < -0.4 is 5.32 Å². The molecule has 0 bridgehead atoms. The van der Waals surface area contributed by atoms with Crippen LogP contribution in [0.2, 0.25) is 0 Å². The number of amides is 2. The summed E-state index contributed by atoms with van der Waals surface area (Å²) < 4.78 is 12.3. The van der Waals surface area contributed by atoms with E-state index < -0.39 is 0 Å². The fourth-order valence-corrected chi connectivity index (χ4v) is 3.75. The van der Waals surface area contributed by atoms with Gasteiger partial charge in [-0.2, -0.15) is 0 Å². The Morgan fingerprint density at radius 2 is 1.94 bits per heavy atom. The van der Waals surface area contributed by atoms with E-state index in [0.29, 0.717) is 48.9 Å². The van der Waals surface area contributed by atoms with Crippen LogP contribution in [0.1, 0.15) is 77.9 Å². The van der Waals surface area contributed by atoms with Gasteiger partial charge in [-0.05, 0) is 12.0 Å². The lowest BCUT2D eigenvalue weighted by Gasteiger charge is -2.23. The number of nitrogens with zero attached hydrogens (tertiary/aromatic N) is 5. The van der Waals surface area contributed by atoms with Gasteiger partial charge >= 0.3 is 0 Å². The van der Waals surface area contributed by atoms with E-state index in [2.05, 4.69) is 20.7 Å². The number of carbonyl (C=O) groups is 2. The zero-order chi connectivity index (χ0) is 22.8. The Bertz CT molecular complexity index is 1080. The van der Waals surface area contributed by atoms with Crippen molar-refractivity contribution in [3.05, 3.63) is 53.3 Å². The summed E-state index contributed by atoms with van der Waals surface area (Å²) in [4.78, 5) is 27.3. The van der Waals surface area contributed by atoms with Crippen LogP contribution >= 0.6 is 0 Å². The van der Waals surface area contributed by atoms with Crippen LogP contribution in [0.4, 0.5) is 0 Å². The number of furan rings is 1.